The second-order valence-electron chi connectivity index (χ2n) is 7.33. The minimum absolute atomic E-state index is 0.0164. The summed E-state index contributed by atoms with van der Waals surface area (Å²) >= 11 is 0. The van der Waals surface area contributed by atoms with E-state index in [-0.39, 0.29) is 30.0 Å². The van der Waals surface area contributed by atoms with Crippen molar-refractivity contribution in [2.75, 3.05) is 37.8 Å². The smallest absolute Gasteiger partial charge is 0.329 e. The third-order valence-corrected chi connectivity index (χ3v) is 5.16. The van der Waals surface area contributed by atoms with E-state index in [0.717, 1.165) is 0 Å². The summed E-state index contributed by atoms with van der Waals surface area (Å²) in [6.07, 6.45) is -1.03. The summed E-state index contributed by atoms with van der Waals surface area (Å²) in [5, 5.41) is 21.4. The number of aliphatic hydroxyl groups excluding tert-OH is 1. The summed E-state index contributed by atoms with van der Waals surface area (Å²) in [5.41, 5.74) is -0.865. The van der Waals surface area contributed by atoms with Crippen LogP contribution in [0.4, 0.5) is 11.6 Å². The number of hydrogen-bond donors (Lipinski definition) is 2. The molecule has 170 valence electrons. The number of H-pyrrole nitrogens is 1. The molecule has 0 bridgehead atoms. The quantitative estimate of drug-likeness (QED) is 0.364. The molecule has 1 aromatic carbocycles. The topological polar surface area (TPSA) is 158 Å². The largest absolute Gasteiger partial charge is 0.491 e. The number of non-ortho nitro benzene ring substituents is 1. The van der Waals surface area contributed by atoms with Gasteiger partial charge in [-0.3, -0.25) is 24.5 Å². The van der Waals surface area contributed by atoms with Crippen molar-refractivity contribution in [1.29, 1.82) is 0 Å². The highest BCUT2D eigenvalue weighted by Crippen LogP contribution is 2.22. The molecule has 13 heteroatoms. The number of aromatic nitrogens is 4. The molecular weight excluding hydrogens is 424 g/mol. The second kappa shape index (κ2) is 8.80. The van der Waals surface area contributed by atoms with Gasteiger partial charge in [0, 0.05) is 32.3 Å². The van der Waals surface area contributed by atoms with Crippen molar-refractivity contribution in [3.05, 3.63) is 55.2 Å². The molecule has 0 amide bonds. The lowest BCUT2D eigenvalue weighted by atomic mass is 10.3. The molecule has 13 nitrogen and oxygen atoms in total. The zero-order valence-corrected chi connectivity index (χ0v) is 17.3. The molecule has 0 radical (unpaired) electrons. The van der Waals surface area contributed by atoms with E-state index in [4.69, 9.17) is 9.47 Å². The Hall–Kier alpha value is -3.71. The van der Waals surface area contributed by atoms with Gasteiger partial charge in [-0.2, -0.15) is 4.98 Å². The minimum Gasteiger partial charge on any atom is -0.491 e. The predicted octanol–water partition coefficient (Wildman–Crippen LogP) is -0.392. The number of nitro benzene ring substituents is 1. The molecule has 1 fully saturated rings. The van der Waals surface area contributed by atoms with E-state index in [0.29, 0.717) is 38.0 Å². The van der Waals surface area contributed by atoms with E-state index in [9.17, 15) is 24.8 Å². The van der Waals surface area contributed by atoms with Gasteiger partial charge in [0.1, 0.15) is 18.5 Å². The third kappa shape index (κ3) is 4.20. The van der Waals surface area contributed by atoms with Gasteiger partial charge in [-0.25, -0.2) is 4.79 Å². The van der Waals surface area contributed by atoms with Gasteiger partial charge in [0.05, 0.1) is 24.7 Å². The number of aryl methyl sites for hydroxylation is 1. The van der Waals surface area contributed by atoms with Crippen LogP contribution in [0.25, 0.3) is 11.2 Å². The number of nitrogens with one attached hydrogen (secondary N) is 1. The van der Waals surface area contributed by atoms with Gasteiger partial charge in [-0.1, -0.05) is 0 Å². The Labute approximate surface area is 180 Å². The lowest BCUT2D eigenvalue weighted by Crippen LogP contribution is -2.39. The maximum atomic E-state index is 12.6. The molecule has 1 unspecified atom stereocenters. The van der Waals surface area contributed by atoms with Crippen molar-refractivity contribution in [3.8, 4) is 5.75 Å². The highest BCUT2D eigenvalue weighted by atomic mass is 16.6. The molecular formula is C19H22N6O7. The van der Waals surface area contributed by atoms with E-state index >= 15 is 0 Å². The molecule has 3 heterocycles. The van der Waals surface area contributed by atoms with Crippen LogP contribution in [0.2, 0.25) is 0 Å². The van der Waals surface area contributed by atoms with Crippen molar-refractivity contribution >= 4 is 22.8 Å². The van der Waals surface area contributed by atoms with Gasteiger partial charge in [-0.15, -0.1) is 0 Å². The maximum absolute atomic E-state index is 12.6. The highest BCUT2D eigenvalue weighted by molar-refractivity contribution is 5.74. The van der Waals surface area contributed by atoms with E-state index in [1.807, 2.05) is 4.90 Å². The summed E-state index contributed by atoms with van der Waals surface area (Å²) in [5.74, 6) is 0.808. The Kier molecular flexibility index (Phi) is 5.92. The molecule has 2 aromatic heterocycles. The third-order valence-electron chi connectivity index (χ3n) is 5.16. The number of rotatable bonds is 7. The molecule has 1 aliphatic rings. The van der Waals surface area contributed by atoms with E-state index in [2.05, 4.69) is 9.97 Å². The zero-order valence-electron chi connectivity index (χ0n) is 17.3. The van der Waals surface area contributed by atoms with Gasteiger partial charge in [-0.05, 0) is 12.1 Å². The summed E-state index contributed by atoms with van der Waals surface area (Å²) in [6, 6.07) is 5.50. The second-order valence-corrected chi connectivity index (χ2v) is 7.33. The molecule has 32 heavy (non-hydrogen) atoms. The molecule has 1 aliphatic heterocycles. The molecule has 1 saturated heterocycles. The summed E-state index contributed by atoms with van der Waals surface area (Å²) < 4.78 is 13.7. The van der Waals surface area contributed by atoms with Crippen molar-refractivity contribution in [1.82, 2.24) is 19.1 Å². The molecule has 0 spiro atoms. The first kappa shape index (κ1) is 21.5. The summed E-state index contributed by atoms with van der Waals surface area (Å²) in [6.45, 7) is 1.94. The van der Waals surface area contributed by atoms with Gasteiger partial charge >= 0.3 is 5.69 Å². The number of morpholine rings is 1. The number of benzene rings is 1. The Morgan fingerprint density at radius 1 is 1.28 bits per heavy atom. The molecule has 0 aliphatic carbocycles. The molecule has 1 atom stereocenters. The van der Waals surface area contributed by atoms with Gasteiger partial charge in [0.25, 0.3) is 11.2 Å². The van der Waals surface area contributed by atoms with Crippen LogP contribution in [-0.2, 0) is 18.3 Å². The first-order valence-corrected chi connectivity index (χ1v) is 9.92. The van der Waals surface area contributed by atoms with E-state index in [1.165, 1.54) is 35.9 Å². The fraction of sp³-hybridized carbons (Fsp3) is 0.421. The lowest BCUT2D eigenvalue weighted by Gasteiger charge is -2.28. The maximum Gasteiger partial charge on any atom is 0.329 e. The number of fused-ring (bicyclic) bond motifs is 1. The van der Waals surface area contributed by atoms with Crippen LogP contribution in [-0.4, -0.2) is 68.1 Å². The first-order chi connectivity index (χ1) is 15.3. The average molecular weight is 446 g/mol. The number of hydrogen-bond acceptors (Lipinski definition) is 9. The number of imidazole rings is 1. The van der Waals surface area contributed by atoms with Crippen LogP contribution >= 0.6 is 0 Å². The Morgan fingerprint density at radius 2 is 1.97 bits per heavy atom. The predicted molar refractivity (Wildman–Crippen MR) is 113 cm³/mol. The van der Waals surface area contributed by atoms with Crippen molar-refractivity contribution in [2.45, 2.75) is 12.6 Å². The number of nitro groups is 1. The van der Waals surface area contributed by atoms with Crippen molar-refractivity contribution in [2.24, 2.45) is 7.05 Å². The monoisotopic (exact) mass is 446 g/mol. The SMILES string of the molecule is Cn1c(=O)[nH]c(=O)c2c1nc(N1CCOCC1)n2CC(O)COc1ccc([N+](=O)[O-])cc1. The van der Waals surface area contributed by atoms with Gasteiger partial charge in [0.2, 0.25) is 5.95 Å². The Bertz CT molecular complexity index is 1240. The average Bonchev–Trinajstić information content (AvgIpc) is 3.17. The fourth-order valence-electron chi connectivity index (χ4n) is 3.52. The highest BCUT2D eigenvalue weighted by Gasteiger charge is 2.24. The van der Waals surface area contributed by atoms with Gasteiger partial charge in [0.15, 0.2) is 11.2 Å². The normalized spacial score (nSPS) is 15.1. The Morgan fingerprint density at radius 3 is 2.62 bits per heavy atom. The van der Waals surface area contributed by atoms with E-state index < -0.39 is 22.3 Å². The van der Waals surface area contributed by atoms with Crippen LogP contribution in [0.5, 0.6) is 5.75 Å². The lowest BCUT2D eigenvalue weighted by molar-refractivity contribution is -0.384. The van der Waals surface area contributed by atoms with Crippen LogP contribution in [0.1, 0.15) is 0 Å². The van der Waals surface area contributed by atoms with E-state index in [1.54, 1.807) is 4.57 Å². The number of ether oxygens (including phenoxy) is 2. The number of aromatic amines is 1. The first-order valence-electron chi connectivity index (χ1n) is 9.92. The summed E-state index contributed by atoms with van der Waals surface area (Å²) in [7, 11) is 1.51. The van der Waals surface area contributed by atoms with Gasteiger partial charge < -0.3 is 24.0 Å². The number of nitrogens with zero attached hydrogens (tertiary/aromatic N) is 5. The molecule has 2 N–H and O–H groups in total. The van der Waals surface area contributed by atoms with Crippen molar-refractivity contribution in [3.63, 3.8) is 0 Å². The van der Waals surface area contributed by atoms with Crippen LogP contribution in [0, 0.1) is 10.1 Å². The van der Waals surface area contributed by atoms with Crippen LogP contribution in [0.15, 0.2) is 33.9 Å². The molecule has 3 aromatic rings. The molecule has 4 rings (SSSR count). The summed E-state index contributed by atoms with van der Waals surface area (Å²) in [4.78, 5) is 43.5. The molecule has 0 saturated carbocycles. The standard InChI is InChI=1S/C19H22N6O7/c1-22-16-15(17(27)21-19(22)28)24(18(20-16)23-6-8-31-9-7-23)10-13(26)11-32-14-4-2-12(3-5-14)25(29)30/h2-5,13,26H,6-11H2,1H3,(H,21,27,28). The number of anilines is 1. The minimum atomic E-state index is -1.03. The van der Waals surface area contributed by atoms with Crippen molar-refractivity contribution < 1.29 is 19.5 Å². The fourth-order valence-corrected chi connectivity index (χ4v) is 3.52. The van der Waals surface area contributed by atoms with Crippen LogP contribution in [0.3, 0.4) is 0 Å². The Balaban J connectivity index is 1.60. The zero-order chi connectivity index (χ0) is 22.8. The van der Waals surface area contributed by atoms with Crippen LogP contribution < -0.4 is 20.9 Å². The number of aliphatic hydroxyl groups is 1.